The maximum absolute atomic E-state index is 12.1. The first-order valence-electron chi connectivity index (χ1n) is 3.44. The van der Waals surface area contributed by atoms with Crippen LogP contribution in [-0.4, -0.2) is 12.1 Å². The third kappa shape index (κ3) is 1.90. The van der Waals surface area contributed by atoms with Crippen molar-refractivity contribution in [2.24, 2.45) is 0 Å². The summed E-state index contributed by atoms with van der Waals surface area (Å²) in [5, 5.41) is 0. The molecule has 66 valence electrons. The molecule has 2 nitrogen and oxygen atoms in total. The molecule has 0 radical (unpaired) electrons. The molecule has 0 bridgehead atoms. The van der Waals surface area contributed by atoms with Gasteiger partial charge in [0.2, 0.25) is 5.88 Å². The van der Waals surface area contributed by atoms with Gasteiger partial charge in [-0.2, -0.15) is 0 Å². The van der Waals surface area contributed by atoms with Crippen molar-refractivity contribution in [2.75, 3.05) is 7.11 Å². The van der Waals surface area contributed by atoms with Crippen LogP contribution < -0.4 is 4.74 Å². The van der Waals surface area contributed by atoms with Gasteiger partial charge in [-0.25, -0.2) is 13.8 Å². The smallest absolute Gasteiger partial charge is 0.280 e. The zero-order valence-electron chi connectivity index (χ0n) is 6.84. The molecule has 0 N–H and O–H groups in total. The Kier molecular flexibility index (Phi) is 2.58. The Morgan fingerprint density at radius 1 is 1.42 bits per heavy atom. The highest BCUT2D eigenvalue weighted by Gasteiger charge is 2.10. The highest BCUT2D eigenvalue weighted by molar-refractivity contribution is 5.24. The first kappa shape index (κ1) is 8.90. The molecule has 1 rings (SSSR count). The Balaban J connectivity index is 3.06. The van der Waals surface area contributed by atoms with Crippen LogP contribution in [0.1, 0.15) is 17.7 Å². The fourth-order valence-electron chi connectivity index (χ4n) is 0.878. The van der Waals surface area contributed by atoms with Gasteiger partial charge in [-0.05, 0) is 18.6 Å². The van der Waals surface area contributed by atoms with Crippen molar-refractivity contribution in [3.63, 3.8) is 0 Å². The maximum atomic E-state index is 12.1. The highest BCUT2D eigenvalue weighted by atomic mass is 19.3. The largest absolute Gasteiger partial charge is 0.481 e. The number of halogens is 2. The summed E-state index contributed by atoms with van der Waals surface area (Å²) in [5.41, 5.74) is 0.476. The maximum Gasteiger partial charge on any atom is 0.280 e. The number of nitrogens with zero attached hydrogens (tertiary/aromatic N) is 1. The molecule has 12 heavy (non-hydrogen) atoms. The molecule has 0 aromatic carbocycles. The lowest BCUT2D eigenvalue weighted by Crippen LogP contribution is -1.95. The van der Waals surface area contributed by atoms with Crippen molar-refractivity contribution in [3.05, 3.63) is 23.4 Å². The van der Waals surface area contributed by atoms with E-state index < -0.39 is 6.43 Å². The second kappa shape index (κ2) is 3.47. The molecule has 0 aliphatic heterocycles. The lowest BCUT2D eigenvalue weighted by molar-refractivity contribution is 0.145. The van der Waals surface area contributed by atoms with E-state index in [1.54, 1.807) is 13.0 Å². The summed E-state index contributed by atoms with van der Waals surface area (Å²) < 4.78 is 29.0. The predicted molar refractivity (Wildman–Crippen MR) is 40.5 cm³/mol. The molecule has 1 aromatic rings. The molecule has 0 saturated carbocycles. The lowest BCUT2D eigenvalue weighted by Gasteiger charge is -2.03. The van der Waals surface area contributed by atoms with Crippen LogP contribution in [0, 0.1) is 6.92 Å². The van der Waals surface area contributed by atoms with Crippen LogP contribution >= 0.6 is 0 Å². The standard InChI is InChI=1S/C8H9F2NO/c1-5-3-6(8(9)10)11-7(4-5)12-2/h3-4,8H,1-2H3. The minimum Gasteiger partial charge on any atom is -0.481 e. The number of ether oxygens (including phenoxy) is 1. The Bertz CT molecular complexity index is 276. The molecule has 0 aliphatic rings. The molecule has 1 aromatic heterocycles. The van der Waals surface area contributed by atoms with E-state index in [1.807, 2.05) is 0 Å². The normalized spacial score (nSPS) is 10.4. The molecule has 4 heteroatoms. The molecular weight excluding hydrogens is 164 g/mol. The second-order valence-corrected chi connectivity index (χ2v) is 2.41. The Labute approximate surface area is 69.2 Å². The number of aromatic nitrogens is 1. The van der Waals surface area contributed by atoms with Gasteiger partial charge in [-0.3, -0.25) is 0 Å². The van der Waals surface area contributed by atoms with Crippen LogP contribution in [0.3, 0.4) is 0 Å². The zero-order valence-corrected chi connectivity index (χ0v) is 6.84. The van der Waals surface area contributed by atoms with E-state index in [0.29, 0.717) is 0 Å². The minimum atomic E-state index is -2.54. The Morgan fingerprint density at radius 2 is 2.08 bits per heavy atom. The number of rotatable bonds is 2. The summed E-state index contributed by atoms with van der Waals surface area (Å²) in [5.74, 6) is 0.227. The molecule has 0 atom stereocenters. The summed E-state index contributed by atoms with van der Waals surface area (Å²) in [4.78, 5) is 3.58. The van der Waals surface area contributed by atoms with Gasteiger partial charge in [0.25, 0.3) is 6.43 Å². The van der Waals surface area contributed by atoms with E-state index in [0.717, 1.165) is 5.56 Å². The molecule has 0 unspecified atom stereocenters. The number of pyridine rings is 1. The molecule has 0 saturated heterocycles. The van der Waals surface area contributed by atoms with Crippen molar-refractivity contribution in [1.29, 1.82) is 0 Å². The Morgan fingerprint density at radius 3 is 2.58 bits per heavy atom. The van der Waals surface area contributed by atoms with E-state index in [9.17, 15) is 8.78 Å². The summed E-state index contributed by atoms with van der Waals surface area (Å²) in [6.45, 7) is 1.72. The van der Waals surface area contributed by atoms with Gasteiger partial charge in [0, 0.05) is 6.07 Å². The summed E-state index contributed by atoms with van der Waals surface area (Å²) in [7, 11) is 1.40. The van der Waals surface area contributed by atoms with E-state index in [2.05, 4.69) is 4.98 Å². The van der Waals surface area contributed by atoms with Gasteiger partial charge >= 0.3 is 0 Å². The van der Waals surface area contributed by atoms with Crippen LogP contribution in [0.2, 0.25) is 0 Å². The number of alkyl halides is 2. The minimum absolute atomic E-state index is 0.227. The predicted octanol–water partition coefficient (Wildman–Crippen LogP) is 2.34. The third-order valence-electron chi connectivity index (χ3n) is 1.40. The molecule has 1 heterocycles. The van der Waals surface area contributed by atoms with Crippen molar-refractivity contribution in [2.45, 2.75) is 13.3 Å². The first-order valence-corrected chi connectivity index (χ1v) is 3.44. The average molecular weight is 173 g/mol. The van der Waals surface area contributed by atoms with Crippen LogP contribution in [0.25, 0.3) is 0 Å². The summed E-state index contributed by atoms with van der Waals surface area (Å²) >= 11 is 0. The van der Waals surface area contributed by atoms with Crippen molar-refractivity contribution >= 4 is 0 Å². The van der Waals surface area contributed by atoms with Gasteiger partial charge in [0.1, 0.15) is 5.69 Å². The fraction of sp³-hybridized carbons (Fsp3) is 0.375. The lowest BCUT2D eigenvalue weighted by atomic mass is 10.2. The van der Waals surface area contributed by atoms with Gasteiger partial charge < -0.3 is 4.74 Å². The molecule has 0 fully saturated rings. The van der Waals surface area contributed by atoms with Gasteiger partial charge in [-0.1, -0.05) is 0 Å². The highest BCUT2D eigenvalue weighted by Crippen LogP contribution is 2.20. The third-order valence-corrected chi connectivity index (χ3v) is 1.40. The SMILES string of the molecule is COc1cc(C)cc(C(F)F)n1. The van der Waals surface area contributed by atoms with Crippen molar-refractivity contribution in [3.8, 4) is 5.88 Å². The average Bonchev–Trinajstić information content (AvgIpc) is 2.03. The second-order valence-electron chi connectivity index (χ2n) is 2.41. The van der Waals surface area contributed by atoms with Crippen LogP contribution in [0.4, 0.5) is 8.78 Å². The molecule has 0 amide bonds. The Hall–Kier alpha value is -1.19. The van der Waals surface area contributed by atoms with E-state index in [4.69, 9.17) is 4.74 Å². The van der Waals surface area contributed by atoms with E-state index >= 15 is 0 Å². The first-order chi connectivity index (χ1) is 5.63. The van der Waals surface area contributed by atoms with Crippen molar-refractivity contribution < 1.29 is 13.5 Å². The number of methoxy groups -OCH3 is 1. The fourth-order valence-corrected chi connectivity index (χ4v) is 0.878. The van der Waals surface area contributed by atoms with Crippen LogP contribution in [-0.2, 0) is 0 Å². The van der Waals surface area contributed by atoms with E-state index in [1.165, 1.54) is 13.2 Å². The van der Waals surface area contributed by atoms with Gasteiger partial charge in [-0.15, -0.1) is 0 Å². The zero-order chi connectivity index (χ0) is 9.14. The molecule has 0 spiro atoms. The molecule has 0 aliphatic carbocycles. The summed E-state index contributed by atoms with van der Waals surface area (Å²) in [6.07, 6.45) is -2.54. The van der Waals surface area contributed by atoms with Crippen LogP contribution in [0.5, 0.6) is 5.88 Å². The topological polar surface area (TPSA) is 22.1 Å². The van der Waals surface area contributed by atoms with E-state index in [-0.39, 0.29) is 11.6 Å². The number of hydrogen-bond donors (Lipinski definition) is 0. The number of aryl methyl sites for hydroxylation is 1. The van der Waals surface area contributed by atoms with Crippen LogP contribution in [0.15, 0.2) is 12.1 Å². The van der Waals surface area contributed by atoms with Gasteiger partial charge in [0.05, 0.1) is 7.11 Å². The van der Waals surface area contributed by atoms with Crippen molar-refractivity contribution in [1.82, 2.24) is 4.98 Å². The number of hydrogen-bond acceptors (Lipinski definition) is 2. The molecular formula is C8H9F2NO. The van der Waals surface area contributed by atoms with Gasteiger partial charge in [0.15, 0.2) is 0 Å². The summed E-state index contributed by atoms with van der Waals surface area (Å²) in [6, 6.07) is 2.94. The monoisotopic (exact) mass is 173 g/mol. The quantitative estimate of drug-likeness (QED) is 0.684.